The highest BCUT2D eigenvalue weighted by Gasteiger charge is 2.28. The number of nitrogens with one attached hydrogen (secondary N) is 1. The van der Waals surface area contributed by atoms with Crippen molar-refractivity contribution in [2.45, 2.75) is 64.0 Å². The minimum atomic E-state index is -0.551. The van der Waals surface area contributed by atoms with Gasteiger partial charge in [-0.2, -0.15) is 0 Å². The van der Waals surface area contributed by atoms with Crippen LogP contribution in [0.5, 0.6) is 0 Å². The van der Waals surface area contributed by atoms with Crippen LogP contribution in [0.15, 0.2) is 30.3 Å². The zero-order valence-corrected chi connectivity index (χ0v) is 13.6. The number of Topliss-reactive ketones (excluding diaryl/α,β-unsaturated/α-hetero) is 1. The second kappa shape index (κ2) is 6.95. The first-order valence-corrected chi connectivity index (χ1v) is 7.92. The Bertz CT molecular complexity index is 519. The van der Waals surface area contributed by atoms with Crippen molar-refractivity contribution in [2.24, 2.45) is 0 Å². The third-order valence-electron chi connectivity index (χ3n) is 3.89. The van der Waals surface area contributed by atoms with Crippen molar-refractivity contribution in [1.29, 1.82) is 0 Å². The molecule has 1 aliphatic carbocycles. The summed E-state index contributed by atoms with van der Waals surface area (Å²) in [5, 5.41) is 2.73. The Labute approximate surface area is 132 Å². The summed E-state index contributed by atoms with van der Waals surface area (Å²) >= 11 is 0. The molecule has 0 aliphatic heterocycles. The van der Waals surface area contributed by atoms with Gasteiger partial charge in [-0.25, -0.2) is 4.79 Å². The number of benzene rings is 1. The molecule has 0 radical (unpaired) electrons. The zero-order valence-electron chi connectivity index (χ0n) is 13.6. The number of amides is 1. The van der Waals surface area contributed by atoms with Gasteiger partial charge in [0.1, 0.15) is 5.60 Å². The number of ether oxygens (including phenoxy) is 1. The van der Waals surface area contributed by atoms with E-state index in [9.17, 15) is 9.59 Å². The van der Waals surface area contributed by atoms with E-state index in [1.165, 1.54) is 5.56 Å². The first kappa shape index (κ1) is 16.5. The molecule has 0 saturated heterocycles. The van der Waals surface area contributed by atoms with Gasteiger partial charge in [0.2, 0.25) is 0 Å². The fourth-order valence-corrected chi connectivity index (χ4v) is 2.82. The van der Waals surface area contributed by atoms with E-state index < -0.39 is 17.7 Å². The maximum Gasteiger partial charge on any atom is 0.408 e. The smallest absolute Gasteiger partial charge is 0.408 e. The average Bonchev–Trinajstić information content (AvgIpc) is 2.61. The number of ketones is 1. The highest BCUT2D eigenvalue weighted by molar-refractivity contribution is 5.87. The van der Waals surface area contributed by atoms with E-state index in [4.69, 9.17) is 4.74 Å². The number of carbonyl (C=O) groups excluding carboxylic acids is 2. The summed E-state index contributed by atoms with van der Waals surface area (Å²) in [6.07, 6.45) is 2.40. The van der Waals surface area contributed by atoms with Gasteiger partial charge in [0.15, 0.2) is 5.78 Å². The summed E-state index contributed by atoms with van der Waals surface area (Å²) in [5.74, 6) is 0.486. The van der Waals surface area contributed by atoms with Gasteiger partial charge in [-0.05, 0) is 51.5 Å². The molecule has 22 heavy (non-hydrogen) atoms. The molecule has 1 aliphatic rings. The lowest BCUT2D eigenvalue weighted by Crippen LogP contribution is -2.42. The van der Waals surface area contributed by atoms with E-state index in [2.05, 4.69) is 17.4 Å². The lowest BCUT2D eigenvalue weighted by molar-refractivity contribution is -0.121. The Morgan fingerprint density at radius 1 is 1.14 bits per heavy atom. The molecule has 1 aromatic rings. The van der Waals surface area contributed by atoms with Crippen LogP contribution in [0, 0.1) is 0 Å². The van der Waals surface area contributed by atoms with Crippen LogP contribution in [0.1, 0.15) is 57.9 Å². The molecule has 1 amide bonds. The van der Waals surface area contributed by atoms with E-state index >= 15 is 0 Å². The van der Waals surface area contributed by atoms with Crippen molar-refractivity contribution in [3.05, 3.63) is 35.9 Å². The fourth-order valence-electron chi connectivity index (χ4n) is 2.82. The van der Waals surface area contributed by atoms with Gasteiger partial charge in [0.05, 0.1) is 6.04 Å². The van der Waals surface area contributed by atoms with Gasteiger partial charge in [-0.1, -0.05) is 30.3 Å². The van der Waals surface area contributed by atoms with Crippen molar-refractivity contribution in [3.8, 4) is 0 Å². The summed E-state index contributed by atoms with van der Waals surface area (Å²) < 4.78 is 5.24. The number of hydrogen-bond acceptors (Lipinski definition) is 3. The van der Waals surface area contributed by atoms with Crippen LogP contribution in [0.3, 0.4) is 0 Å². The van der Waals surface area contributed by atoms with Crippen molar-refractivity contribution in [2.75, 3.05) is 0 Å². The number of alkyl carbamates (subject to hydrolysis) is 1. The molecule has 1 unspecified atom stereocenters. The summed E-state index contributed by atoms with van der Waals surface area (Å²) in [6, 6.07) is 9.84. The second-order valence-electron chi connectivity index (χ2n) is 6.89. The molecule has 4 nitrogen and oxygen atoms in total. The molecule has 1 aromatic carbocycles. The van der Waals surface area contributed by atoms with E-state index in [0.29, 0.717) is 18.8 Å². The van der Waals surface area contributed by atoms with Crippen molar-refractivity contribution < 1.29 is 14.3 Å². The van der Waals surface area contributed by atoms with Gasteiger partial charge in [0.25, 0.3) is 0 Å². The SMILES string of the molecule is CC(C)(C)OC(=O)N[C@@H]1CCC(c2ccccc2)CCC1=O. The topological polar surface area (TPSA) is 55.4 Å². The standard InChI is InChI=1S/C18H25NO3/c1-18(2,3)22-17(21)19-15-11-9-14(10-12-16(15)20)13-7-5-4-6-8-13/h4-8,14-15H,9-12H2,1-3H3,(H,19,21)/t14?,15-/m1/s1. The van der Waals surface area contributed by atoms with Gasteiger partial charge in [0, 0.05) is 6.42 Å². The molecule has 0 bridgehead atoms. The van der Waals surface area contributed by atoms with Crippen LogP contribution in [-0.2, 0) is 9.53 Å². The van der Waals surface area contributed by atoms with Crippen molar-refractivity contribution >= 4 is 11.9 Å². The molecule has 1 N–H and O–H groups in total. The first-order chi connectivity index (χ1) is 10.3. The molecule has 1 saturated carbocycles. The van der Waals surface area contributed by atoms with E-state index in [0.717, 1.165) is 12.8 Å². The largest absolute Gasteiger partial charge is 0.444 e. The monoisotopic (exact) mass is 303 g/mol. The van der Waals surface area contributed by atoms with Crippen LogP contribution in [-0.4, -0.2) is 23.5 Å². The second-order valence-corrected chi connectivity index (χ2v) is 6.89. The predicted octanol–water partition coefficient (Wildman–Crippen LogP) is 3.81. The third-order valence-corrected chi connectivity index (χ3v) is 3.89. The Morgan fingerprint density at radius 3 is 2.45 bits per heavy atom. The Hall–Kier alpha value is -1.84. The first-order valence-electron chi connectivity index (χ1n) is 7.92. The number of rotatable bonds is 2. The molecule has 0 heterocycles. The minimum absolute atomic E-state index is 0.101. The fraction of sp³-hybridized carbons (Fsp3) is 0.556. The van der Waals surface area contributed by atoms with Gasteiger partial charge in [-0.15, -0.1) is 0 Å². The lowest BCUT2D eigenvalue weighted by Gasteiger charge is -2.22. The minimum Gasteiger partial charge on any atom is -0.444 e. The summed E-state index contributed by atoms with van der Waals surface area (Å²) in [4.78, 5) is 24.1. The van der Waals surface area contributed by atoms with Crippen LogP contribution in [0.2, 0.25) is 0 Å². The summed E-state index contributed by atoms with van der Waals surface area (Å²) in [5.41, 5.74) is 0.720. The Morgan fingerprint density at radius 2 is 1.82 bits per heavy atom. The Kier molecular flexibility index (Phi) is 5.22. The highest BCUT2D eigenvalue weighted by Crippen LogP contribution is 2.30. The summed E-state index contributed by atoms with van der Waals surface area (Å²) in [7, 11) is 0. The molecule has 4 heteroatoms. The van der Waals surface area contributed by atoms with Crippen molar-refractivity contribution in [1.82, 2.24) is 5.32 Å². The van der Waals surface area contributed by atoms with E-state index in [-0.39, 0.29) is 5.78 Å². The van der Waals surface area contributed by atoms with Crippen molar-refractivity contribution in [3.63, 3.8) is 0 Å². The average molecular weight is 303 g/mol. The molecule has 2 rings (SSSR count). The normalized spacial score (nSPS) is 22.8. The quantitative estimate of drug-likeness (QED) is 0.845. The molecule has 1 fully saturated rings. The van der Waals surface area contributed by atoms with E-state index in [1.807, 2.05) is 39.0 Å². The number of carbonyl (C=O) groups is 2. The zero-order chi connectivity index (χ0) is 16.2. The van der Waals surface area contributed by atoms with Crippen LogP contribution >= 0.6 is 0 Å². The number of hydrogen-bond donors (Lipinski definition) is 1. The maximum absolute atomic E-state index is 12.2. The van der Waals surface area contributed by atoms with E-state index in [1.54, 1.807) is 0 Å². The third kappa shape index (κ3) is 4.86. The van der Waals surface area contributed by atoms with Gasteiger partial charge in [-0.3, -0.25) is 4.79 Å². The highest BCUT2D eigenvalue weighted by atomic mass is 16.6. The molecule has 0 spiro atoms. The summed E-state index contributed by atoms with van der Waals surface area (Å²) in [6.45, 7) is 5.44. The lowest BCUT2D eigenvalue weighted by atomic mass is 9.92. The van der Waals surface area contributed by atoms with Crippen LogP contribution < -0.4 is 5.32 Å². The van der Waals surface area contributed by atoms with Gasteiger partial charge < -0.3 is 10.1 Å². The molecule has 120 valence electrons. The van der Waals surface area contributed by atoms with Crippen LogP contribution in [0.4, 0.5) is 4.79 Å². The molecule has 2 atom stereocenters. The van der Waals surface area contributed by atoms with Crippen LogP contribution in [0.25, 0.3) is 0 Å². The molecule has 0 aromatic heterocycles. The molecular formula is C18H25NO3. The predicted molar refractivity (Wildman–Crippen MR) is 85.8 cm³/mol. The van der Waals surface area contributed by atoms with Gasteiger partial charge >= 0.3 is 6.09 Å². The molecular weight excluding hydrogens is 278 g/mol. The maximum atomic E-state index is 12.2. The Balaban J connectivity index is 1.95.